The van der Waals surface area contributed by atoms with E-state index in [4.69, 9.17) is 0 Å². The summed E-state index contributed by atoms with van der Waals surface area (Å²) in [4.78, 5) is 1.41. The van der Waals surface area contributed by atoms with Crippen LogP contribution in [-0.4, -0.2) is 17.5 Å². The molecule has 0 bridgehead atoms. The molecule has 0 spiro atoms. The smallest absolute Gasteiger partial charge is 0.0522 e. The number of aliphatic hydroxyl groups excluding tert-OH is 1. The summed E-state index contributed by atoms with van der Waals surface area (Å²) < 4.78 is 0. The zero-order valence-electron chi connectivity index (χ0n) is 8.71. The minimum Gasteiger partial charge on any atom is -0.395 e. The maximum absolute atomic E-state index is 9.29. The number of aliphatic hydroxyl groups is 1. The van der Waals surface area contributed by atoms with Gasteiger partial charge in [0.1, 0.15) is 0 Å². The van der Waals surface area contributed by atoms with Gasteiger partial charge < -0.3 is 5.11 Å². The predicted octanol–water partition coefficient (Wildman–Crippen LogP) is 2.60. The normalized spacial score (nSPS) is 15.6. The Balaban J connectivity index is 2.38. The first-order chi connectivity index (χ1) is 6.63. The van der Waals surface area contributed by atoms with Gasteiger partial charge in [-0.2, -0.15) is 0 Å². The number of hydrogen-bond donors (Lipinski definition) is 1. The first kappa shape index (κ1) is 10.1. The average molecular weight is 208 g/mol. The molecule has 1 N–H and O–H groups in total. The lowest BCUT2D eigenvalue weighted by atomic mass is 9.85. The van der Waals surface area contributed by atoms with Crippen molar-refractivity contribution in [2.45, 2.75) is 30.6 Å². The first-order valence-corrected chi connectivity index (χ1v) is 5.99. The highest BCUT2D eigenvalue weighted by Crippen LogP contribution is 2.34. The number of aryl methyl sites for hydroxylation is 1. The monoisotopic (exact) mass is 208 g/mol. The van der Waals surface area contributed by atoms with Gasteiger partial charge in [0, 0.05) is 16.1 Å². The fraction of sp³-hybridized carbons (Fsp3) is 0.500. The van der Waals surface area contributed by atoms with E-state index in [0.29, 0.717) is 0 Å². The molecule has 0 aromatic heterocycles. The zero-order valence-corrected chi connectivity index (χ0v) is 9.53. The van der Waals surface area contributed by atoms with Crippen LogP contribution in [0.15, 0.2) is 23.1 Å². The highest BCUT2D eigenvalue weighted by Gasteiger charge is 2.21. The van der Waals surface area contributed by atoms with Gasteiger partial charge >= 0.3 is 0 Å². The summed E-state index contributed by atoms with van der Waals surface area (Å²) in [6.45, 7) is 4.36. The van der Waals surface area contributed by atoms with Crippen molar-refractivity contribution in [2.24, 2.45) is 0 Å². The summed E-state index contributed by atoms with van der Waals surface area (Å²) in [5, 5.41) is 9.29. The fourth-order valence-electron chi connectivity index (χ4n) is 1.68. The Morgan fingerprint density at radius 1 is 1.43 bits per heavy atom. The minimum absolute atomic E-state index is 0.113. The molecule has 1 aliphatic rings. The summed E-state index contributed by atoms with van der Waals surface area (Å²) in [6.07, 6.45) is 1.19. The molecular weight excluding hydrogens is 192 g/mol. The lowest BCUT2D eigenvalue weighted by Crippen LogP contribution is -2.21. The van der Waals surface area contributed by atoms with E-state index in [1.165, 1.54) is 28.2 Å². The summed E-state index contributed by atoms with van der Waals surface area (Å²) >= 11 is 1.93. The Bertz CT molecular complexity index is 344. The quantitative estimate of drug-likeness (QED) is 0.806. The molecule has 1 aliphatic heterocycles. The molecule has 2 heteroatoms. The Hall–Kier alpha value is -0.470. The van der Waals surface area contributed by atoms with E-state index in [1.807, 2.05) is 11.8 Å². The van der Waals surface area contributed by atoms with Crippen molar-refractivity contribution < 1.29 is 5.11 Å². The molecule has 0 aliphatic carbocycles. The highest BCUT2D eigenvalue weighted by molar-refractivity contribution is 7.99. The molecule has 76 valence electrons. The van der Waals surface area contributed by atoms with Crippen molar-refractivity contribution in [3.63, 3.8) is 0 Å². The average Bonchev–Trinajstić information content (AvgIpc) is 2.64. The van der Waals surface area contributed by atoms with E-state index < -0.39 is 0 Å². The van der Waals surface area contributed by atoms with Crippen molar-refractivity contribution in [1.29, 1.82) is 0 Å². The standard InChI is InChI=1S/C12H16OS/c1-12(2,8-13)10-4-3-9-5-6-14-11(9)7-10/h3-4,7,13H,5-6,8H2,1-2H3. The third-order valence-electron chi connectivity index (χ3n) is 2.87. The van der Waals surface area contributed by atoms with E-state index in [0.717, 1.165) is 0 Å². The van der Waals surface area contributed by atoms with Crippen molar-refractivity contribution in [1.82, 2.24) is 0 Å². The topological polar surface area (TPSA) is 20.2 Å². The molecule has 0 unspecified atom stereocenters. The zero-order chi connectivity index (χ0) is 10.2. The number of rotatable bonds is 2. The molecule has 14 heavy (non-hydrogen) atoms. The second-order valence-electron chi connectivity index (χ2n) is 4.46. The first-order valence-electron chi connectivity index (χ1n) is 5.00. The number of fused-ring (bicyclic) bond motifs is 1. The van der Waals surface area contributed by atoms with Crippen molar-refractivity contribution >= 4 is 11.8 Å². The molecule has 0 saturated heterocycles. The van der Waals surface area contributed by atoms with Gasteiger partial charge in [0.05, 0.1) is 6.61 Å². The molecular formula is C12H16OS. The molecule has 1 aromatic carbocycles. The van der Waals surface area contributed by atoms with Gasteiger partial charge in [0.2, 0.25) is 0 Å². The molecule has 0 fully saturated rings. The molecule has 2 rings (SSSR count). The molecule has 1 aromatic rings. The van der Waals surface area contributed by atoms with Gasteiger partial charge in [-0.25, -0.2) is 0 Å². The van der Waals surface area contributed by atoms with Gasteiger partial charge in [-0.15, -0.1) is 11.8 Å². The minimum atomic E-state index is -0.113. The Morgan fingerprint density at radius 3 is 2.93 bits per heavy atom. The summed E-state index contributed by atoms with van der Waals surface area (Å²) in [6, 6.07) is 6.60. The van der Waals surface area contributed by atoms with E-state index in [2.05, 4.69) is 32.0 Å². The van der Waals surface area contributed by atoms with Crippen LogP contribution in [0.2, 0.25) is 0 Å². The Labute approximate surface area is 89.5 Å². The number of benzene rings is 1. The van der Waals surface area contributed by atoms with Crippen molar-refractivity contribution in [3.8, 4) is 0 Å². The van der Waals surface area contributed by atoms with Crippen LogP contribution < -0.4 is 0 Å². The van der Waals surface area contributed by atoms with E-state index in [-0.39, 0.29) is 12.0 Å². The lowest BCUT2D eigenvalue weighted by molar-refractivity contribution is 0.218. The van der Waals surface area contributed by atoms with Crippen molar-refractivity contribution in [2.75, 3.05) is 12.4 Å². The predicted molar refractivity (Wildman–Crippen MR) is 61.0 cm³/mol. The molecule has 0 amide bonds. The van der Waals surface area contributed by atoms with Crippen LogP contribution >= 0.6 is 11.8 Å². The Morgan fingerprint density at radius 2 is 2.21 bits per heavy atom. The van der Waals surface area contributed by atoms with Crippen LogP contribution in [0.3, 0.4) is 0 Å². The van der Waals surface area contributed by atoms with Crippen LogP contribution in [0.4, 0.5) is 0 Å². The second-order valence-corrected chi connectivity index (χ2v) is 5.60. The summed E-state index contributed by atoms with van der Waals surface area (Å²) in [7, 11) is 0. The SMILES string of the molecule is CC(C)(CO)c1ccc2c(c1)SCC2. The lowest BCUT2D eigenvalue weighted by Gasteiger charge is -2.22. The molecule has 0 atom stereocenters. The molecule has 0 saturated carbocycles. The van der Waals surface area contributed by atoms with Gasteiger partial charge in [-0.1, -0.05) is 26.0 Å². The maximum atomic E-state index is 9.29. The third-order valence-corrected chi connectivity index (χ3v) is 3.97. The second kappa shape index (κ2) is 3.59. The largest absolute Gasteiger partial charge is 0.395 e. The third kappa shape index (κ3) is 1.69. The summed E-state index contributed by atoms with van der Waals surface area (Å²) in [5.74, 6) is 1.21. The molecule has 0 radical (unpaired) electrons. The van der Waals surface area contributed by atoms with Gasteiger partial charge in [-0.05, 0) is 23.6 Å². The highest BCUT2D eigenvalue weighted by atomic mass is 32.2. The van der Waals surface area contributed by atoms with Crippen LogP contribution in [0.1, 0.15) is 25.0 Å². The van der Waals surface area contributed by atoms with E-state index >= 15 is 0 Å². The van der Waals surface area contributed by atoms with Gasteiger partial charge in [0.15, 0.2) is 0 Å². The van der Waals surface area contributed by atoms with Crippen LogP contribution in [0, 0.1) is 0 Å². The maximum Gasteiger partial charge on any atom is 0.0522 e. The number of thioether (sulfide) groups is 1. The number of hydrogen-bond acceptors (Lipinski definition) is 2. The van der Waals surface area contributed by atoms with Gasteiger partial charge in [0.25, 0.3) is 0 Å². The fourth-order valence-corrected chi connectivity index (χ4v) is 2.79. The van der Waals surface area contributed by atoms with Crippen molar-refractivity contribution in [3.05, 3.63) is 29.3 Å². The van der Waals surface area contributed by atoms with Crippen LogP contribution in [0.25, 0.3) is 0 Å². The van der Waals surface area contributed by atoms with E-state index in [9.17, 15) is 5.11 Å². The van der Waals surface area contributed by atoms with Crippen LogP contribution in [-0.2, 0) is 11.8 Å². The Kier molecular flexibility index (Phi) is 2.58. The van der Waals surface area contributed by atoms with Gasteiger partial charge in [-0.3, -0.25) is 0 Å². The van der Waals surface area contributed by atoms with E-state index in [1.54, 1.807) is 0 Å². The molecule has 1 nitrogen and oxygen atoms in total. The summed E-state index contributed by atoms with van der Waals surface area (Å²) in [5.41, 5.74) is 2.60. The molecule has 1 heterocycles. The van der Waals surface area contributed by atoms with Crippen LogP contribution in [0.5, 0.6) is 0 Å².